The molecule has 1 aromatic carbocycles. The average molecular weight is 585 g/mol. The van der Waals surface area contributed by atoms with E-state index in [4.69, 9.17) is 19.3 Å². The Balaban J connectivity index is 2.01. The van der Waals surface area contributed by atoms with Gasteiger partial charge >= 0.3 is 29.6 Å². The number of benzene rings is 1. The molecule has 1 N–H and O–H groups in total. The lowest BCUT2D eigenvalue weighted by Crippen LogP contribution is -2.42. The van der Waals surface area contributed by atoms with E-state index < -0.39 is 79.8 Å². The maximum atomic E-state index is 12.6. The van der Waals surface area contributed by atoms with Crippen molar-refractivity contribution in [2.24, 2.45) is 0 Å². The van der Waals surface area contributed by atoms with Gasteiger partial charge in [-0.05, 0) is 51.0 Å². The van der Waals surface area contributed by atoms with Crippen LogP contribution in [0.2, 0.25) is 0 Å². The molecule has 1 aromatic heterocycles. The second kappa shape index (κ2) is 13.6. The maximum absolute atomic E-state index is 12.6. The van der Waals surface area contributed by atoms with Crippen molar-refractivity contribution in [3.8, 4) is 17.4 Å². The zero-order valence-corrected chi connectivity index (χ0v) is 21.7. The first-order valence-electron chi connectivity index (χ1n) is 12.1. The standard InChI is InChI=1S/C24H29F6N3O7/c1-22(2,20(35)36)40-17-8-6-16(7-9-17)38-14-5-15-39-18-19(34)32(12-3-10-23(25,26)27)21(37)33(31-18)13-4-11-24(28,29)30/h6-9H,3-5,10-15H2,1-2H3,(H,35,36). The van der Waals surface area contributed by atoms with Gasteiger partial charge < -0.3 is 19.3 Å². The minimum atomic E-state index is -4.52. The van der Waals surface area contributed by atoms with E-state index in [1.54, 1.807) is 0 Å². The van der Waals surface area contributed by atoms with Crippen LogP contribution in [0.5, 0.6) is 17.4 Å². The normalized spacial score (nSPS) is 12.3. The SMILES string of the molecule is CC(C)(Oc1ccc(OCCCOc2nn(CCCC(F)(F)F)c(=O)n(CCCC(F)(F)F)c2=O)cc1)C(=O)O. The van der Waals surface area contributed by atoms with Crippen molar-refractivity contribution in [2.75, 3.05) is 13.2 Å². The van der Waals surface area contributed by atoms with Crippen molar-refractivity contribution in [1.29, 1.82) is 0 Å². The molecule has 0 unspecified atom stereocenters. The van der Waals surface area contributed by atoms with Crippen LogP contribution in [0.4, 0.5) is 26.3 Å². The highest BCUT2D eigenvalue weighted by atomic mass is 19.4. The van der Waals surface area contributed by atoms with Crippen LogP contribution in [0.3, 0.4) is 0 Å². The first kappa shape index (κ1) is 32.5. The maximum Gasteiger partial charge on any atom is 0.389 e. The lowest BCUT2D eigenvalue weighted by molar-refractivity contribution is -0.152. The van der Waals surface area contributed by atoms with E-state index in [-0.39, 0.29) is 19.6 Å². The molecule has 224 valence electrons. The van der Waals surface area contributed by atoms with Crippen molar-refractivity contribution in [2.45, 2.75) is 77.0 Å². The summed E-state index contributed by atoms with van der Waals surface area (Å²) in [5, 5.41) is 12.8. The summed E-state index contributed by atoms with van der Waals surface area (Å²) >= 11 is 0. The molecular formula is C24H29F6N3O7. The van der Waals surface area contributed by atoms with Gasteiger partial charge in [-0.15, -0.1) is 5.10 Å². The average Bonchev–Trinajstić information content (AvgIpc) is 2.82. The van der Waals surface area contributed by atoms with Crippen molar-refractivity contribution < 1.29 is 50.5 Å². The Bertz CT molecular complexity index is 1240. The van der Waals surface area contributed by atoms with E-state index in [1.165, 1.54) is 38.1 Å². The molecular weight excluding hydrogens is 556 g/mol. The zero-order valence-electron chi connectivity index (χ0n) is 21.7. The fourth-order valence-corrected chi connectivity index (χ4v) is 3.20. The Morgan fingerprint density at radius 3 is 1.93 bits per heavy atom. The summed E-state index contributed by atoms with van der Waals surface area (Å²) < 4.78 is 92.3. The van der Waals surface area contributed by atoms with Crippen LogP contribution in [0.25, 0.3) is 0 Å². The van der Waals surface area contributed by atoms with Gasteiger partial charge in [0.15, 0.2) is 5.60 Å². The van der Waals surface area contributed by atoms with E-state index in [2.05, 4.69) is 5.10 Å². The highest BCUT2D eigenvalue weighted by Crippen LogP contribution is 2.23. The Hall–Kier alpha value is -3.72. The fraction of sp³-hybridized carbons (Fsp3) is 0.583. The quantitative estimate of drug-likeness (QED) is 0.244. The minimum Gasteiger partial charge on any atom is -0.493 e. The molecule has 0 fully saturated rings. The topological polar surface area (TPSA) is 122 Å². The molecule has 0 aliphatic heterocycles. The van der Waals surface area contributed by atoms with Gasteiger partial charge in [-0.25, -0.2) is 14.3 Å². The number of carbonyl (C=O) groups is 1. The molecule has 2 rings (SSSR count). The summed E-state index contributed by atoms with van der Waals surface area (Å²) in [6, 6.07) is 6.08. The van der Waals surface area contributed by atoms with Gasteiger partial charge in [-0.3, -0.25) is 9.36 Å². The van der Waals surface area contributed by atoms with E-state index >= 15 is 0 Å². The number of hydrogen-bond donors (Lipinski definition) is 1. The number of aliphatic carboxylic acids is 1. The molecule has 0 radical (unpaired) electrons. The number of rotatable bonds is 15. The Labute approximate surface area is 224 Å². The monoisotopic (exact) mass is 585 g/mol. The van der Waals surface area contributed by atoms with Crippen LogP contribution in [0, 0.1) is 0 Å². The second-order valence-corrected chi connectivity index (χ2v) is 9.14. The minimum absolute atomic E-state index is 0.0752. The van der Waals surface area contributed by atoms with Crippen molar-refractivity contribution in [3.63, 3.8) is 0 Å². The zero-order chi connectivity index (χ0) is 30.1. The predicted molar refractivity (Wildman–Crippen MR) is 128 cm³/mol. The van der Waals surface area contributed by atoms with E-state index in [0.717, 1.165) is 0 Å². The van der Waals surface area contributed by atoms with Gasteiger partial charge in [-0.2, -0.15) is 26.3 Å². The highest BCUT2D eigenvalue weighted by molar-refractivity contribution is 5.76. The number of hydrogen-bond acceptors (Lipinski definition) is 7. The molecule has 2 aromatic rings. The first-order chi connectivity index (χ1) is 18.5. The van der Waals surface area contributed by atoms with E-state index in [0.29, 0.717) is 20.7 Å². The first-order valence-corrected chi connectivity index (χ1v) is 12.1. The third kappa shape index (κ3) is 10.8. The Kier molecular flexibility index (Phi) is 11.0. The summed E-state index contributed by atoms with van der Waals surface area (Å²) in [7, 11) is 0. The lowest BCUT2D eigenvalue weighted by atomic mass is 10.1. The second-order valence-electron chi connectivity index (χ2n) is 9.14. The summed E-state index contributed by atoms with van der Waals surface area (Å²) in [4.78, 5) is 36.3. The van der Waals surface area contributed by atoms with Crippen molar-refractivity contribution in [3.05, 3.63) is 45.1 Å². The third-order valence-electron chi connectivity index (χ3n) is 5.27. The molecule has 0 saturated carbocycles. The van der Waals surface area contributed by atoms with E-state index in [9.17, 15) is 40.7 Å². The van der Waals surface area contributed by atoms with Gasteiger partial charge in [0.05, 0.1) is 13.2 Å². The molecule has 16 heteroatoms. The number of carboxylic acid groups (broad SMARTS) is 1. The predicted octanol–water partition coefficient (Wildman–Crippen LogP) is 4.18. The molecule has 0 amide bonds. The molecule has 0 saturated heterocycles. The Morgan fingerprint density at radius 1 is 0.850 bits per heavy atom. The van der Waals surface area contributed by atoms with Crippen molar-refractivity contribution in [1.82, 2.24) is 14.3 Å². The number of alkyl halides is 6. The van der Waals surface area contributed by atoms with Crippen LogP contribution in [-0.2, 0) is 17.9 Å². The number of aromatic nitrogens is 3. The van der Waals surface area contributed by atoms with Crippen LogP contribution >= 0.6 is 0 Å². The molecule has 40 heavy (non-hydrogen) atoms. The molecule has 0 aliphatic carbocycles. The molecule has 0 bridgehead atoms. The van der Waals surface area contributed by atoms with Crippen LogP contribution in [0.1, 0.15) is 46.0 Å². The molecule has 10 nitrogen and oxygen atoms in total. The van der Waals surface area contributed by atoms with Crippen LogP contribution < -0.4 is 25.5 Å². The van der Waals surface area contributed by atoms with Gasteiger partial charge in [0.25, 0.3) is 5.88 Å². The van der Waals surface area contributed by atoms with Gasteiger partial charge in [0.2, 0.25) is 0 Å². The number of ether oxygens (including phenoxy) is 3. The largest absolute Gasteiger partial charge is 0.493 e. The van der Waals surface area contributed by atoms with Crippen molar-refractivity contribution >= 4 is 5.97 Å². The summed E-state index contributed by atoms with van der Waals surface area (Å²) in [5.74, 6) is -1.08. The van der Waals surface area contributed by atoms with Crippen LogP contribution in [-0.4, -0.2) is 56.6 Å². The number of carboxylic acids is 1. The lowest BCUT2D eigenvalue weighted by Gasteiger charge is -2.21. The van der Waals surface area contributed by atoms with Gasteiger partial charge in [-0.1, -0.05) is 0 Å². The highest BCUT2D eigenvalue weighted by Gasteiger charge is 2.30. The molecule has 0 aliphatic rings. The summed E-state index contributed by atoms with van der Waals surface area (Å²) in [6.45, 7) is 1.54. The Morgan fingerprint density at radius 2 is 1.38 bits per heavy atom. The summed E-state index contributed by atoms with van der Waals surface area (Å²) in [6.07, 6.45) is -12.5. The number of halogens is 6. The molecule has 0 atom stereocenters. The van der Waals surface area contributed by atoms with Gasteiger partial charge in [0, 0.05) is 32.4 Å². The fourth-order valence-electron chi connectivity index (χ4n) is 3.20. The molecule has 0 spiro atoms. The number of nitrogens with zero attached hydrogens (tertiary/aromatic N) is 3. The number of aryl methyl sites for hydroxylation is 1. The molecule has 1 heterocycles. The third-order valence-corrected chi connectivity index (χ3v) is 5.27. The smallest absolute Gasteiger partial charge is 0.389 e. The van der Waals surface area contributed by atoms with Gasteiger partial charge in [0.1, 0.15) is 11.5 Å². The van der Waals surface area contributed by atoms with Crippen LogP contribution in [0.15, 0.2) is 33.9 Å². The van der Waals surface area contributed by atoms with E-state index in [1.807, 2.05) is 0 Å². The summed E-state index contributed by atoms with van der Waals surface area (Å²) in [5.41, 5.74) is -3.67.